The second kappa shape index (κ2) is 12.6. The molecule has 4 nitrogen and oxygen atoms in total. The molecule has 50 heavy (non-hydrogen) atoms. The summed E-state index contributed by atoms with van der Waals surface area (Å²) < 4.78 is 2.03. The van der Waals surface area contributed by atoms with Gasteiger partial charge in [0.15, 0.2) is 8.07 Å². The zero-order valence-electron chi connectivity index (χ0n) is 27.0. The molecule has 0 saturated carbocycles. The number of para-hydroxylation sites is 1. The molecule has 8 aromatic rings. The van der Waals surface area contributed by atoms with Crippen molar-refractivity contribution >= 4 is 50.6 Å². The maximum absolute atomic E-state index is 10.7. The Morgan fingerprint density at radius 2 is 0.980 bits per heavy atom. The van der Waals surface area contributed by atoms with E-state index < -0.39 is 8.07 Å². The smallest absolute Gasteiger partial charge is 0.179 e. The van der Waals surface area contributed by atoms with Crippen molar-refractivity contribution in [1.29, 1.82) is 15.8 Å². The summed E-state index contributed by atoms with van der Waals surface area (Å²) in [7, 11) is -2.81. The summed E-state index contributed by atoms with van der Waals surface area (Å²) in [6.45, 7) is 0. The molecular weight excluding hydrogens is 625 g/mol. The number of rotatable bonds is 6. The first-order chi connectivity index (χ1) is 24.7. The van der Waals surface area contributed by atoms with Crippen molar-refractivity contribution in [2.45, 2.75) is 0 Å². The molecule has 0 N–H and O–H groups in total. The van der Waals surface area contributed by atoms with Gasteiger partial charge < -0.3 is 4.57 Å². The number of hydrogen-bond donors (Lipinski definition) is 0. The standard InChI is InChI=1S/C45H28N4Si/c46-29-32-23-25-44-40(27-32)39-21-10-11-22-43(39)49(44)45-26-24-38(41(30-47)42(45)31-48)33-13-12-20-37(28-33)50(34-14-4-1-5-15-34,35-16-6-2-7-17-35)36-18-8-3-9-19-36/h1-28H. The third-order valence-electron chi connectivity index (χ3n) is 9.68. The highest BCUT2D eigenvalue weighted by Crippen LogP contribution is 2.36. The lowest BCUT2D eigenvalue weighted by Crippen LogP contribution is -2.74. The maximum atomic E-state index is 10.7. The fraction of sp³-hybridized carbons (Fsp3) is 0. The summed E-state index contributed by atoms with van der Waals surface area (Å²) in [5.74, 6) is 0. The lowest BCUT2D eigenvalue weighted by Gasteiger charge is -2.34. The molecule has 232 valence electrons. The van der Waals surface area contributed by atoms with Crippen LogP contribution >= 0.6 is 0 Å². The molecule has 0 unspecified atom stereocenters. The average Bonchev–Trinajstić information content (AvgIpc) is 3.52. The van der Waals surface area contributed by atoms with E-state index in [9.17, 15) is 15.8 Å². The summed E-state index contributed by atoms with van der Waals surface area (Å²) in [5.41, 5.74) is 5.17. The maximum Gasteiger partial charge on any atom is 0.179 e. The largest absolute Gasteiger partial charge is 0.308 e. The Morgan fingerprint density at radius 1 is 0.420 bits per heavy atom. The van der Waals surface area contributed by atoms with Gasteiger partial charge in [0.05, 0.1) is 39.5 Å². The normalized spacial score (nSPS) is 11.1. The fourth-order valence-corrected chi connectivity index (χ4v) is 12.3. The van der Waals surface area contributed by atoms with Crippen LogP contribution in [0, 0.1) is 34.0 Å². The highest BCUT2D eigenvalue weighted by Gasteiger charge is 2.41. The summed E-state index contributed by atoms with van der Waals surface area (Å²) in [5, 5.41) is 37.9. The Morgan fingerprint density at radius 3 is 1.58 bits per heavy atom. The van der Waals surface area contributed by atoms with Gasteiger partial charge in [-0.25, -0.2) is 0 Å². The molecule has 0 aliphatic carbocycles. The molecule has 1 heterocycles. The SMILES string of the molecule is N#Cc1ccc2c(c1)c1ccccc1n2-c1ccc(-c2cccc([Si](c3ccccc3)(c3ccccc3)c3ccccc3)c2)c(C#N)c1C#N. The van der Waals surface area contributed by atoms with Crippen LogP contribution in [0.4, 0.5) is 0 Å². The molecule has 0 aliphatic heterocycles. The first-order valence-corrected chi connectivity index (χ1v) is 18.4. The molecule has 5 heteroatoms. The summed E-state index contributed by atoms with van der Waals surface area (Å²) in [6, 6.07) is 65.2. The minimum absolute atomic E-state index is 0.306. The van der Waals surface area contributed by atoms with Crippen LogP contribution in [0.2, 0.25) is 0 Å². The Balaban J connectivity index is 1.38. The van der Waals surface area contributed by atoms with E-state index in [0.717, 1.165) is 27.4 Å². The predicted molar refractivity (Wildman–Crippen MR) is 204 cm³/mol. The van der Waals surface area contributed by atoms with Gasteiger partial charge in [0, 0.05) is 16.3 Å². The van der Waals surface area contributed by atoms with Crippen molar-refractivity contribution in [3.63, 3.8) is 0 Å². The van der Waals surface area contributed by atoms with Crippen molar-refractivity contribution < 1.29 is 0 Å². The molecule has 0 bridgehead atoms. The van der Waals surface area contributed by atoms with Gasteiger partial charge in [-0.15, -0.1) is 0 Å². The van der Waals surface area contributed by atoms with Crippen LogP contribution in [0.3, 0.4) is 0 Å². The Labute approximate surface area is 291 Å². The number of nitrogens with zero attached hydrogens (tertiary/aromatic N) is 4. The molecule has 0 fully saturated rings. The van der Waals surface area contributed by atoms with Crippen molar-refractivity contribution in [3.05, 3.63) is 187 Å². The van der Waals surface area contributed by atoms with Crippen molar-refractivity contribution in [1.82, 2.24) is 4.57 Å². The lowest BCUT2D eigenvalue weighted by molar-refractivity contribution is 1.16. The van der Waals surface area contributed by atoms with E-state index in [2.05, 4.69) is 127 Å². The Bertz CT molecular complexity index is 2580. The highest BCUT2D eigenvalue weighted by atomic mass is 28.3. The minimum Gasteiger partial charge on any atom is -0.308 e. The third kappa shape index (κ3) is 4.72. The van der Waals surface area contributed by atoms with E-state index in [4.69, 9.17) is 0 Å². The molecular formula is C45H28N4Si. The highest BCUT2D eigenvalue weighted by molar-refractivity contribution is 7.19. The first kappa shape index (κ1) is 30.4. The van der Waals surface area contributed by atoms with Gasteiger partial charge in [-0.3, -0.25) is 0 Å². The molecule has 0 amide bonds. The van der Waals surface area contributed by atoms with Gasteiger partial charge in [0.1, 0.15) is 12.1 Å². The Kier molecular flexibility index (Phi) is 7.63. The van der Waals surface area contributed by atoms with Gasteiger partial charge in [-0.05, 0) is 56.6 Å². The van der Waals surface area contributed by atoms with E-state index >= 15 is 0 Å². The minimum atomic E-state index is -2.81. The van der Waals surface area contributed by atoms with Crippen LogP contribution in [0.25, 0.3) is 38.6 Å². The van der Waals surface area contributed by atoms with Gasteiger partial charge >= 0.3 is 0 Å². The van der Waals surface area contributed by atoms with E-state index in [1.54, 1.807) is 6.07 Å². The van der Waals surface area contributed by atoms with Crippen LogP contribution in [0.15, 0.2) is 170 Å². The van der Waals surface area contributed by atoms with Crippen LogP contribution in [0.5, 0.6) is 0 Å². The van der Waals surface area contributed by atoms with E-state index in [0.29, 0.717) is 27.9 Å². The predicted octanol–water partition coefficient (Wildman–Crippen LogP) is 7.44. The fourth-order valence-electron chi connectivity index (χ4n) is 7.53. The molecule has 0 aliphatic rings. The molecule has 7 aromatic carbocycles. The van der Waals surface area contributed by atoms with Gasteiger partial charge in [0.25, 0.3) is 0 Å². The zero-order valence-corrected chi connectivity index (χ0v) is 28.0. The van der Waals surface area contributed by atoms with Crippen LogP contribution in [-0.4, -0.2) is 12.6 Å². The number of aromatic nitrogens is 1. The van der Waals surface area contributed by atoms with Crippen molar-refractivity contribution in [2.24, 2.45) is 0 Å². The molecule has 0 spiro atoms. The lowest BCUT2D eigenvalue weighted by atomic mass is 9.95. The molecule has 0 radical (unpaired) electrons. The first-order valence-electron chi connectivity index (χ1n) is 16.4. The number of nitriles is 3. The van der Waals surface area contributed by atoms with Crippen LogP contribution < -0.4 is 20.7 Å². The third-order valence-corrected chi connectivity index (χ3v) is 14.5. The summed E-state index contributed by atoms with van der Waals surface area (Å²) in [4.78, 5) is 0. The molecule has 0 atom stereocenters. The zero-order chi connectivity index (χ0) is 34.1. The van der Waals surface area contributed by atoms with Gasteiger partial charge in [-0.2, -0.15) is 15.8 Å². The quantitative estimate of drug-likeness (QED) is 0.138. The second-order valence-corrected chi connectivity index (χ2v) is 16.0. The second-order valence-electron chi connectivity index (χ2n) is 12.2. The van der Waals surface area contributed by atoms with Crippen molar-refractivity contribution in [2.75, 3.05) is 0 Å². The monoisotopic (exact) mass is 652 g/mol. The Hall–Kier alpha value is -6.97. The van der Waals surface area contributed by atoms with Crippen molar-refractivity contribution in [3.8, 4) is 35.0 Å². The van der Waals surface area contributed by atoms with Crippen LogP contribution in [-0.2, 0) is 0 Å². The van der Waals surface area contributed by atoms with E-state index in [1.807, 2.05) is 59.2 Å². The van der Waals surface area contributed by atoms with E-state index in [1.165, 1.54) is 20.7 Å². The molecule has 8 rings (SSSR count). The summed E-state index contributed by atoms with van der Waals surface area (Å²) in [6.07, 6.45) is 0. The molecule has 0 saturated heterocycles. The number of benzene rings is 7. The summed E-state index contributed by atoms with van der Waals surface area (Å²) >= 11 is 0. The van der Waals surface area contributed by atoms with E-state index in [-0.39, 0.29) is 0 Å². The topological polar surface area (TPSA) is 76.3 Å². The van der Waals surface area contributed by atoms with Gasteiger partial charge in [-0.1, -0.05) is 140 Å². The number of fused-ring (bicyclic) bond motifs is 3. The molecule has 1 aromatic heterocycles. The van der Waals surface area contributed by atoms with Gasteiger partial charge in [0.2, 0.25) is 0 Å². The number of hydrogen-bond acceptors (Lipinski definition) is 3. The average molecular weight is 653 g/mol. The van der Waals surface area contributed by atoms with Crippen LogP contribution in [0.1, 0.15) is 16.7 Å².